The predicted octanol–water partition coefficient (Wildman–Crippen LogP) is 1.66. The van der Waals surface area contributed by atoms with Gasteiger partial charge in [-0.05, 0) is 19.9 Å². The molecule has 0 saturated carbocycles. The van der Waals surface area contributed by atoms with Crippen molar-refractivity contribution in [1.29, 1.82) is 0 Å². The topological polar surface area (TPSA) is 48.4 Å². The first kappa shape index (κ1) is 9.29. The van der Waals surface area contributed by atoms with Crippen molar-refractivity contribution in [2.24, 2.45) is 5.73 Å². The molecule has 3 heteroatoms. The Labute approximate surface area is 72.5 Å². The summed E-state index contributed by atoms with van der Waals surface area (Å²) in [5.41, 5.74) is 6.50. The van der Waals surface area contributed by atoms with Crippen molar-refractivity contribution in [1.82, 2.24) is 0 Å². The van der Waals surface area contributed by atoms with E-state index in [2.05, 4.69) is 0 Å². The summed E-state index contributed by atoms with van der Waals surface area (Å²) in [6, 6.07) is 1.89. The molecule has 0 radical (unpaired) electrons. The number of furan rings is 1. The summed E-state index contributed by atoms with van der Waals surface area (Å²) in [6.45, 7) is 5.02. The molecule has 0 aliphatic rings. The fraction of sp³-hybridized carbons (Fsp3) is 0.556. The number of rotatable bonds is 4. The number of hydrogen-bond donors (Lipinski definition) is 1. The van der Waals surface area contributed by atoms with Gasteiger partial charge in [0.25, 0.3) is 0 Å². The largest absolute Gasteiger partial charge is 0.468 e. The highest BCUT2D eigenvalue weighted by molar-refractivity contribution is 5.15. The van der Waals surface area contributed by atoms with Gasteiger partial charge in [-0.1, -0.05) is 0 Å². The maximum absolute atomic E-state index is 5.45. The Bertz CT molecular complexity index is 230. The average Bonchev–Trinajstić information content (AvgIpc) is 2.47. The maximum atomic E-state index is 5.45. The molecule has 0 atom stereocenters. The van der Waals surface area contributed by atoms with Crippen LogP contribution in [0.4, 0.5) is 0 Å². The van der Waals surface area contributed by atoms with E-state index in [1.54, 1.807) is 6.26 Å². The van der Waals surface area contributed by atoms with Gasteiger partial charge in [-0.15, -0.1) is 0 Å². The van der Waals surface area contributed by atoms with Gasteiger partial charge in [0.15, 0.2) is 0 Å². The molecule has 1 aromatic heterocycles. The lowest BCUT2D eigenvalue weighted by atomic mass is 10.2. The summed E-state index contributed by atoms with van der Waals surface area (Å²) in [6.07, 6.45) is 1.88. The Hall–Kier alpha value is -0.800. The molecule has 0 fully saturated rings. The fourth-order valence-corrected chi connectivity index (χ4v) is 0.931. The van der Waals surface area contributed by atoms with Crippen LogP contribution in [0, 0.1) is 0 Å². The van der Waals surface area contributed by atoms with Crippen molar-refractivity contribution in [2.75, 3.05) is 0 Å². The summed E-state index contributed by atoms with van der Waals surface area (Å²) in [5.74, 6) is 0.815. The van der Waals surface area contributed by atoms with Crippen molar-refractivity contribution in [2.45, 2.75) is 33.1 Å². The second-order valence-electron chi connectivity index (χ2n) is 2.93. The van der Waals surface area contributed by atoms with Crippen LogP contribution < -0.4 is 5.73 Å². The average molecular weight is 169 g/mol. The summed E-state index contributed by atoms with van der Waals surface area (Å²) in [5, 5.41) is 0. The normalized spacial score (nSPS) is 11.0. The van der Waals surface area contributed by atoms with E-state index in [1.165, 1.54) is 0 Å². The molecule has 0 saturated heterocycles. The molecule has 12 heavy (non-hydrogen) atoms. The molecule has 1 rings (SSSR count). The van der Waals surface area contributed by atoms with Crippen LogP contribution in [0.15, 0.2) is 16.7 Å². The van der Waals surface area contributed by atoms with Gasteiger partial charge in [0, 0.05) is 5.56 Å². The van der Waals surface area contributed by atoms with Gasteiger partial charge in [-0.2, -0.15) is 0 Å². The van der Waals surface area contributed by atoms with Gasteiger partial charge in [0.1, 0.15) is 5.76 Å². The Kier molecular flexibility index (Phi) is 3.31. The van der Waals surface area contributed by atoms with Crippen LogP contribution >= 0.6 is 0 Å². The third kappa shape index (κ3) is 2.36. The third-order valence-electron chi connectivity index (χ3n) is 1.60. The number of ether oxygens (including phenoxy) is 1. The summed E-state index contributed by atoms with van der Waals surface area (Å²) >= 11 is 0. The van der Waals surface area contributed by atoms with E-state index < -0.39 is 0 Å². The molecule has 1 aromatic rings. The quantitative estimate of drug-likeness (QED) is 0.745. The Morgan fingerprint density at radius 1 is 1.58 bits per heavy atom. The van der Waals surface area contributed by atoms with E-state index in [1.807, 2.05) is 19.9 Å². The van der Waals surface area contributed by atoms with Crippen LogP contribution in [-0.4, -0.2) is 6.10 Å². The van der Waals surface area contributed by atoms with Crippen LogP contribution in [-0.2, 0) is 17.9 Å². The molecule has 0 aliphatic carbocycles. The first-order valence-electron chi connectivity index (χ1n) is 4.11. The first-order chi connectivity index (χ1) is 5.74. The van der Waals surface area contributed by atoms with E-state index >= 15 is 0 Å². The van der Waals surface area contributed by atoms with Crippen LogP contribution in [0.5, 0.6) is 0 Å². The van der Waals surface area contributed by atoms with Gasteiger partial charge in [-0.25, -0.2) is 0 Å². The lowest BCUT2D eigenvalue weighted by Gasteiger charge is -2.06. The van der Waals surface area contributed by atoms with E-state index in [4.69, 9.17) is 14.9 Å². The zero-order valence-electron chi connectivity index (χ0n) is 7.54. The van der Waals surface area contributed by atoms with Crippen LogP contribution in [0.3, 0.4) is 0 Å². The fourth-order valence-electron chi connectivity index (χ4n) is 0.931. The Morgan fingerprint density at radius 2 is 2.33 bits per heavy atom. The molecule has 68 valence electrons. The zero-order chi connectivity index (χ0) is 8.97. The molecule has 0 bridgehead atoms. The van der Waals surface area contributed by atoms with E-state index in [9.17, 15) is 0 Å². The van der Waals surface area contributed by atoms with Crippen LogP contribution in [0.1, 0.15) is 25.2 Å². The van der Waals surface area contributed by atoms with Gasteiger partial charge in [0.05, 0.1) is 25.5 Å². The van der Waals surface area contributed by atoms with Crippen LogP contribution in [0.25, 0.3) is 0 Å². The third-order valence-corrected chi connectivity index (χ3v) is 1.60. The molecular formula is C9H15NO2. The van der Waals surface area contributed by atoms with Gasteiger partial charge < -0.3 is 14.9 Å². The second kappa shape index (κ2) is 4.28. The second-order valence-corrected chi connectivity index (χ2v) is 2.93. The van der Waals surface area contributed by atoms with Crippen molar-refractivity contribution >= 4 is 0 Å². The van der Waals surface area contributed by atoms with Crippen molar-refractivity contribution < 1.29 is 9.15 Å². The van der Waals surface area contributed by atoms with Gasteiger partial charge in [-0.3, -0.25) is 0 Å². The molecule has 0 unspecified atom stereocenters. The summed E-state index contributed by atoms with van der Waals surface area (Å²) < 4.78 is 10.6. The van der Waals surface area contributed by atoms with E-state index in [0.717, 1.165) is 11.3 Å². The molecule has 0 aromatic carbocycles. The number of hydrogen-bond acceptors (Lipinski definition) is 3. The lowest BCUT2D eigenvalue weighted by Crippen LogP contribution is -2.04. The SMILES string of the molecule is CC(C)OCc1ccoc1CN. The van der Waals surface area contributed by atoms with Crippen molar-refractivity contribution in [3.05, 3.63) is 23.7 Å². The maximum Gasteiger partial charge on any atom is 0.122 e. The molecule has 1 heterocycles. The minimum absolute atomic E-state index is 0.241. The highest BCUT2D eigenvalue weighted by Crippen LogP contribution is 2.11. The Morgan fingerprint density at radius 3 is 2.92 bits per heavy atom. The lowest BCUT2D eigenvalue weighted by molar-refractivity contribution is 0.0648. The summed E-state index contributed by atoms with van der Waals surface area (Å²) in [7, 11) is 0. The van der Waals surface area contributed by atoms with Crippen molar-refractivity contribution in [3.8, 4) is 0 Å². The van der Waals surface area contributed by atoms with E-state index in [-0.39, 0.29) is 6.10 Å². The van der Waals surface area contributed by atoms with Gasteiger partial charge in [0.2, 0.25) is 0 Å². The zero-order valence-corrected chi connectivity index (χ0v) is 7.54. The summed E-state index contributed by atoms with van der Waals surface area (Å²) in [4.78, 5) is 0. The predicted molar refractivity (Wildman–Crippen MR) is 46.5 cm³/mol. The molecule has 0 spiro atoms. The van der Waals surface area contributed by atoms with Gasteiger partial charge >= 0.3 is 0 Å². The van der Waals surface area contributed by atoms with Crippen LogP contribution in [0.2, 0.25) is 0 Å². The molecule has 0 aliphatic heterocycles. The Balaban J connectivity index is 2.50. The molecular weight excluding hydrogens is 154 g/mol. The minimum Gasteiger partial charge on any atom is -0.468 e. The minimum atomic E-state index is 0.241. The standard InChI is InChI=1S/C9H15NO2/c1-7(2)12-6-8-3-4-11-9(8)5-10/h3-4,7H,5-6,10H2,1-2H3. The highest BCUT2D eigenvalue weighted by atomic mass is 16.5. The number of nitrogens with two attached hydrogens (primary N) is 1. The molecule has 3 nitrogen and oxygen atoms in total. The highest BCUT2D eigenvalue weighted by Gasteiger charge is 2.04. The monoisotopic (exact) mass is 169 g/mol. The molecule has 0 amide bonds. The molecule has 2 N–H and O–H groups in total. The first-order valence-corrected chi connectivity index (χ1v) is 4.11. The smallest absolute Gasteiger partial charge is 0.122 e. The van der Waals surface area contributed by atoms with E-state index in [0.29, 0.717) is 13.2 Å². The van der Waals surface area contributed by atoms with Crippen molar-refractivity contribution in [3.63, 3.8) is 0 Å².